The first-order valence-corrected chi connectivity index (χ1v) is 10.7. The van der Waals surface area contributed by atoms with Gasteiger partial charge in [0.15, 0.2) is 0 Å². The van der Waals surface area contributed by atoms with Crippen molar-refractivity contribution in [3.05, 3.63) is 65.5 Å². The molecule has 0 saturated carbocycles. The Bertz CT molecular complexity index is 892. The molecule has 1 atom stereocenters. The van der Waals surface area contributed by atoms with Crippen molar-refractivity contribution < 1.29 is 14.3 Å². The number of phenols is 1. The number of urea groups is 1. The standard InChI is InChI=1S/C24H30FN3O2/c1-17(2)28-16-24(22(28)19-6-8-21(29)9-7-19)10-12-27(13-11-24)23(30)26-15-18-4-3-5-20(25)14-18/h3-9,14,17,22,29H,10-13,15-16H2,1-2H3,(H,26,30). The van der Waals surface area contributed by atoms with Crippen molar-refractivity contribution in [1.82, 2.24) is 15.1 Å². The number of hydrogen-bond acceptors (Lipinski definition) is 3. The van der Waals surface area contributed by atoms with Crippen LogP contribution in [-0.4, -0.2) is 46.6 Å². The van der Waals surface area contributed by atoms with Crippen LogP contribution in [0.5, 0.6) is 5.75 Å². The van der Waals surface area contributed by atoms with E-state index in [0.717, 1.165) is 38.0 Å². The van der Waals surface area contributed by atoms with E-state index in [9.17, 15) is 14.3 Å². The maximum absolute atomic E-state index is 13.3. The maximum atomic E-state index is 13.3. The fourth-order valence-electron chi connectivity index (χ4n) is 4.99. The second-order valence-corrected chi connectivity index (χ2v) is 8.90. The number of phenolic OH excluding ortho intramolecular Hbond substituents is 1. The van der Waals surface area contributed by atoms with Crippen molar-refractivity contribution in [2.75, 3.05) is 19.6 Å². The molecule has 2 aromatic carbocycles. The number of piperidine rings is 1. The summed E-state index contributed by atoms with van der Waals surface area (Å²) < 4.78 is 13.3. The first kappa shape index (κ1) is 20.7. The molecule has 2 aliphatic heterocycles. The number of hydrogen-bond donors (Lipinski definition) is 2. The van der Waals surface area contributed by atoms with E-state index >= 15 is 0 Å². The summed E-state index contributed by atoms with van der Waals surface area (Å²) in [6, 6.07) is 14.6. The summed E-state index contributed by atoms with van der Waals surface area (Å²) in [7, 11) is 0. The smallest absolute Gasteiger partial charge is 0.317 e. The molecule has 0 bridgehead atoms. The van der Waals surface area contributed by atoms with E-state index in [-0.39, 0.29) is 23.0 Å². The van der Waals surface area contributed by atoms with E-state index < -0.39 is 0 Å². The Kier molecular flexibility index (Phi) is 5.69. The number of likely N-dealkylation sites (tertiary alicyclic amines) is 2. The van der Waals surface area contributed by atoms with Gasteiger partial charge < -0.3 is 15.3 Å². The number of nitrogens with one attached hydrogen (secondary N) is 1. The van der Waals surface area contributed by atoms with Crippen LogP contribution in [-0.2, 0) is 6.54 Å². The quantitative estimate of drug-likeness (QED) is 0.789. The molecule has 4 rings (SSSR count). The van der Waals surface area contributed by atoms with E-state index in [2.05, 4.69) is 24.1 Å². The lowest BCUT2D eigenvalue weighted by Crippen LogP contribution is -2.64. The van der Waals surface area contributed by atoms with Crippen molar-refractivity contribution in [2.45, 2.75) is 45.3 Å². The molecule has 2 fully saturated rings. The minimum Gasteiger partial charge on any atom is -0.508 e. The molecule has 2 N–H and O–H groups in total. The highest BCUT2D eigenvalue weighted by molar-refractivity contribution is 5.74. The minimum absolute atomic E-state index is 0.0877. The molecule has 0 aliphatic carbocycles. The molecule has 0 radical (unpaired) electrons. The van der Waals surface area contributed by atoms with Crippen LogP contribution in [0.15, 0.2) is 48.5 Å². The zero-order chi connectivity index (χ0) is 21.3. The van der Waals surface area contributed by atoms with Gasteiger partial charge in [0.1, 0.15) is 11.6 Å². The predicted octanol–water partition coefficient (Wildman–Crippen LogP) is 4.29. The molecule has 1 unspecified atom stereocenters. The second-order valence-electron chi connectivity index (χ2n) is 8.90. The van der Waals surface area contributed by atoms with Gasteiger partial charge in [0.2, 0.25) is 0 Å². The zero-order valence-corrected chi connectivity index (χ0v) is 17.6. The SMILES string of the molecule is CC(C)N1CC2(CCN(C(=O)NCc3cccc(F)c3)CC2)C1c1ccc(O)cc1. The van der Waals surface area contributed by atoms with Crippen molar-refractivity contribution in [1.29, 1.82) is 0 Å². The van der Waals surface area contributed by atoms with Gasteiger partial charge in [0.25, 0.3) is 0 Å². The molecule has 2 aliphatic rings. The highest BCUT2D eigenvalue weighted by Gasteiger charge is 2.54. The molecule has 5 nitrogen and oxygen atoms in total. The van der Waals surface area contributed by atoms with E-state index in [1.54, 1.807) is 18.2 Å². The first-order chi connectivity index (χ1) is 14.4. The van der Waals surface area contributed by atoms with E-state index in [0.29, 0.717) is 18.6 Å². The largest absolute Gasteiger partial charge is 0.508 e. The van der Waals surface area contributed by atoms with Crippen LogP contribution in [0.25, 0.3) is 0 Å². The molecule has 2 saturated heterocycles. The molecule has 30 heavy (non-hydrogen) atoms. The highest BCUT2D eigenvalue weighted by atomic mass is 19.1. The van der Waals surface area contributed by atoms with Crippen LogP contribution in [0.4, 0.5) is 9.18 Å². The summed E-state index contributed by atoms with van der Waals surface area (Å²) >= 11 is 0. The molecule has 2 aromatic rings. The Hall–Kier alpha value is -2.60. The van der Waals surface area contributed by atoms with Crippen LogP contribution in [0.2, 0.25) is 0 Å². The Morgan fingerprint density at radius 3 is 2.53 bits per heavy atom. The van der Waals surface area contributed by atoms with Crippen LogP contribution < -0.4 is 5.32 Å². The van der Waals surface area contributed by atoms with Crippen LogP contribution in [0.1, 0.15) is 43.9 Å². The second kappa shape index (κ2) is 8.26. The average Bonchev–Trinajstić information content (AvgIpc) is 2.72. The summed E-state index contributed by atoms with van der Waals surface area (Å²) in [4.78, 5) is 17.0. The number of carbonyl (C=O) groups is 1. The van der Waals surface area contributed by atoms with Crippen LogP contribution in [0, 0.1) is 11.2 Å². The Morgan fingerprint density at radius 1 is 1.20 bits per heavy atom. The Morgan fingerprint density at radius 2 is 1.90 bits per heavy atom. The predicted molar refractivity (Wildman–Crippen MR) is 115 cm³/mol. The monoisotopic (exact) mass is 411 g/mol. The molecule has 6 heteroatoms. The lowest BCUT2D eigenvalue weighted by Gasteiger charge is -2.62. The summed E-state index contributed by atoms with van der Waals surface area (Å²) in [6.45, 7) is 7.24. The summed E-state index contributed by atoms with van der Waals surface area (Å²) in [6.07, 6.45) is 1.91. The number of aromatic hydroxyl groups is 1. The number of rotatable bonds is 4. The molecule has 0 aromatic heterocycles. The average molecular weight is 412 g/mol. The summed E-state index contributed by atoms with van der Waals surface area (Å²) in [5, 5.41) is 12.6. The maximum Gasteiger partial charge on any atom is 0.317 e. The van der Waals surface area contributed by atoms with Gasteiger partial charge >= 0.3 is 6.03 Å². The van der Waals surface area contributed by atoms with Crippen LogP contribution in [0.3, 0.4) is 0 Å². The molecule has 2 amide bonds. The molecular formula is C24H30FN3O2. The van der Waals surface area contributed by atoms with Gasteiger partial charge in [-0.1, -0.05) is 24.3 Å². The van der Waals surface area contributed by atoms with E-state index in [1.807, 2.05) is 23.1 Å². The first-order valence-electron chi connectivity index (χ1n) is 10.7. The van der Waals surface area contributed by atoms with Crippen molar-refractivity contribution in [3.8, 4) is 5.75 Å². The third kappa shape index (κ3) is 4.01. The lowest BCUT2D eigenvalue weighted by atomic mass is 9.62. The number of benzene rings is 2. The number of halogens is 1. The number of amides is 2. The zero-order valence-electron chi connectivity index (χ0n) is 17.6. The van der Waals surface area contributed by atoms with Gasteiger partial charge in [-0.2, -0.15) is 0 Å². The van der Waals surface area contributed by atoms with Gasteiger partial charge in [-0.15, -0.1) is 0 Å². The number of nitrogens with zero attached hydrogens (tertiary/aromatic N) is 2. The third-order valence-electron chi connectivity index (χ3n) is 6.66. The van der Waals surface area contributed by atoms with Crippen molar-refractivity contribution >= 4 is 6.03 Å². The van der Waals surface area contributed by atoms with E-state index in [4.69, 9.17) is 0 Å². The summed E-state index contributed by atoms with van der Waals surface area (Å²) in [5.41, 5.74) is 2.16. The van der Waals surface area contributed by atoms with E-state index in [1.165, 1.54) is 17.7 Å². The van der Waals surface area contributed by atoms with Gasteiger partial charge in [0.05, 0.1) is 0 Å². The third-order valence-corrected chi connectivity index (χ3v) is 6.66. The fraction of sp³-hybridized carbons (Fsp3) is 0.458. The van der Waals surface area contributed by atoms with Gasteiger partial charge in [-0.05, 0) is 62.1 Å². The lowest BCUT2D eigenvalue weighted by molar-refractivity contribution is -0.123. The van der Waals surface area contributed by atoms with Crippen molar-refractivity contribution in [2.24, 2.45) is 5.41 Å². The van der Waals surface area contributed by atoms with Crippen molar-refractivity contribution in [3.63, 3.8) is 0 Å². The van der Waals surface area contributed by atoms with Gasteiger partial charge in [0, 0.05) is 43.7 Å². The van der Waals surface area contributed by atoms with Gasteiger partial charge in [-0.3, -0.25) is 4.90 Å². The topological polar surface area (TPSA) is 55.8 Å². The minimum atomic E-state index is -0.290. The Labute approximate surface area is 177 Å². The fourth-order valence-corrected chi connectivity index (χ4v) is 4.99. The highest BCUT2D eigenvalue weighted by Crippen LogP contribution is 2.55. The molecular weight excluding hydrogens is 381 g/mol. The molecule has 2 heterocycles. The molecule has 1 spiro atoms. The Balaban J connectivity index is 1.38. The molecule has 160 valence electrons. The van der Waals surface area contributed by atoms with Gasteiger partial charge in [-0.25, -0.2) is 9.18 Å². The summed E-state index contributed by atoms with van der Waals surface area (Å²) in [5.74, 6) is -0.00497. The number of carbonyl (C=O) groups excluding carboxylic acids is 1. The normalized spacial score (nSPS) is 20.9. The van der Waals surface area contributed by atoms with Crippen LogP contribution >= 0.6 is 0 Å².